The van der Waals surface area contributed by atoms with Crippen molar-refractivity contribution >= 4 is 39.8 Å². The Kier molecular flexibility index (Phi) is 4.31. The number of anilines is 2. The van der Waals surface area contributed by atoms with E-state index in [1.807, 2.05) is 30.3 Å². The molecule has 0 spiro atoms. The minimum absolute atomic E-state index is 0.0507. The van der Waals surface area contributed by atoms with Gasteiger partial charge in [-0.15, -0.1) is 0 Å². The van der Waals surface area contributed by atoms with Gasteiger partial charge in [0.25, 0.3) is 5.91 Å². The van der Waals surface area contributed by atoms with Crippen LogP contribution in [0.3, 0.4) is 0 Å². The van der Waals surface area contributed by atoms with Crippen LogP contribution < -0.4 is 4.90 Å². The number of nitrogens with zero attached hydrogens (tertiary/aromatic N) is 1. The van der Waals surface area contributed by atoms with Gasteiger partial charge >= 0.3 is 5.97 Å². The molecule has 0 aliphatic heterocycles. The summed E-state index contributed by atoms with van der Waals surface area (Å²) in [5.41, 5.74) is 0.545. The summed E-state index contributed by atoms with van der Waals surface area (Å²) in [5.74, 6) is -2.63. The summed E-state index contributed by atoms with van der Waals surface area (Å²) >= 11 is 0. The highest BCUT2D eigenvalue weighted by Gasteiger charge is 2.26. The number of amides is 1. The van der Waals surface area contributed by atoms with Crippen LogP contribution in [0.5, 0.6) is 0 Å². The molecule has 5 nitrogen and oxygen atoms in total. The zero-order valence-corrected chi connectivity index (χ0v) is 13.5. The molecule has 5 heteroatoms. The fourth-order valence-corrected chi connectivity index (χ4v) is 2.69. The van der Waals surface area contributed by atoms with Crippen molar-refractivity contribution in [3.63, 3.8) is 0 Å². The molecule has 0 aromatic heterocycles. The zero-order chi connectivity index (χ0) is 18.0. The summed E-state index contributed by atoms with van der Waals surface area (Å²) in [6, 6.07) is 19.0. The maximum Gasteiger partial charge on any atom is 0.337 e. The molecular weight excluding hydrogens is 318 g/mol. The van der Waals surface area contributed by atoms with Crippen molar-refractivity contribution in [2.24, 2.45) is 0 Å². The molecule has 3 rings (SSSR count). The first-order chi connectivity index (χ1) is 12.0. The first kappa shape index (κ1) is 16.4. The third-order valence-corrected chi connectivity index (χ3v) is 3.87. The first-order valence-electron chi connectivity index (χ1n) is 7.65. The van der Waals surface area contributed by atoms with Gasteiger partial charge in [-0.1, -0.05) is 42.5 Å². The van der Waals surface area contributed by atoms with Gasteiger partial charge in [0, 0.05) is 12.6 Å². The number of benzene rings is 3. The quantitative estimate of drug-likeness (QED) is 0.737. The van der Waals surface area contributed by atoms with Crippen molar-refractivity contribution in [2.75, 3.05) is 4.90 Å². The zero-order valence-electron chi connectivity index (χ0n) is 13.5. The number of carbonyl (C=O) groups excluding carboxylic acids is 2. The number of para-hydroxylation sites is 1. The minimum atomic E-state index is -1.17. The van der Waals surface area contributed by atoms with E-state index >= 15 is 0 Å². The normalized spacial score (nSPS) is 10.4. The van der Waals surface area contributed by atoms with Crippen LogP contribution in [0.1, 0.15) is 17.3 Å². The second kappa shape index (κ2) is 6.57. The Bertz CT molecular complexity index is 994. The molecule has 0 unspecified atom stereocenters. The molecule has 0 saturated heterocycles. The van der Waals surface area contributed by atoms with Gasteiger partial charge in [0.15, 0.2) is 0 Å². The van der Waals surface area contributed by atoms with E-state index in [0.717, 1.165) is 15.7 Å². The van der Waals surface area contributed by atoms with E-state index in [4.69, 9.17) is 0 Å². The molecule has 124 valence electrons. The Morgan fingerprint density at radius 1 is 0.840 bits per heavy atom. The average Bonchev–Trinajstić information content (AvgIpc) is 2.62. The molecule has 1 amide bonds. The molecular formula is C20H15NO4. The monoisotopic (exact) mass is 333 g/mol. The summed E-state index contributed by atoms with van der Waals surface area (Å²) in [6.07, 6.45) is 0. The van der Waals surface area contributed by atoms with Crippen LogP contribution in [0, 0.1) is 0 Å². The molecule has 0 fully saturated rings. The van der Waals surface area contributed by atoms with Gasteiger partial charge in [-0.2, -0.15) is 0 Å². The fourth-order valence-electron chi connectivity index (χ4n) is 2.69. The van der Waals surface area contributed by atoms with Crippen molar-refractivity contribution in [3.05, 3.63) is 72.3 Å². The number of hydrogen-bond donors (Lipinski definition) is 1. The van der Waals surface area contributed by atoms with E-state index in [-0.39, 0.29) is 11.3 Å². The van der Waals surface area contributed by atoms with Gasteiger partial charge in [-0.25, -0.2) is 4.79 Å². The number of rotatable bonds is 4. The smallest absolute Gasteiger partial charge is 0.337 e. The largest absolute Gasteiger partial charge is 0.478 e. The third-order valence-electron chi connectivity index (χ3n) is 3.87. The first-order valence-corrected chi connectivity index (χ1v) is 7.65. The molecule has 0 bridgehead atoms. The lowest BCUT2D eigenvalue weighted by molar-refractivity contribution is -0.134. The molecule has 0 radical (unpaired) electrons. The van der Waals surface area contributed by atoms with Crippen molar-refractivity contribution in [1.82, 2.24) is 0 Å². The number of carboxylic acid groups (broad SMARTS) is 1. The van der Waals surface area contributed by atoms with Gasteiger partial charge in [0.05, 0.1) is 11.3 Å². The van der Waals surface area contributed by atoms with Crippen LogP contribution in [0.4, 0.5) is 11.4 Å². The van der Waals surface area contributed by atoms with Crippen LogP contribution >= 0.6 is 0 Å². The number of hydrogen-bond acceptors (Lipinski definition) is 3. The van der Waals surface area contributed by atoms with Crippen LogP contribution in [-0.2, 0) is 9.59 Å². The maximum atomic E-state index is 12.5. The van der Waals surface area contributed by atoms with Crippen molar-refractivity contribution in [1.29, 1.82) is 0 Å². The van der Waals surface area contributed by atoms with Gasteiger partial charge < -0.3 is 5.11 Å². The lowest BCUT2D eigenvalue weighted by atomic mass is 10.1. The summed E-state index contributed by atoms with van der Waals surface area (Å²) in [6.45, 7) is 1.17. The van der Waals surface area contributed by atoms with E-state index in [1.54, 1.807) is 24.3 Å². The molecule has 0 atom stereocenters. The van der Waals surface area contributed by atoms with E-state index in [0.29, 0.717) is 5.69 Å². The SMILES string of the molecule is CC(=O)C(=O)N(c1ccc2ccccc2c1)c1ccccc1C(=O)O. The van der Waals surface area contributed by atoms with Gasteiger partial charge in [0.2, 0.25) is 5.78 Å². The highest BCUT2D eigenvalue weighted by atomic mass is 16.4. The Morgan fingerprint density at radius 2 is 1.48 bits per heavy atom. The summed E-state index contributed by atoms with van der Waals surface area (Å²) in [7, 11) is 0. The van der Waals surface area contributed by atoms with Crippen LogP contribution in [0.15, 0.2) is 66.7 Å². The number of carbonyl (C=O) groups is 3. The van der Waals surface area contributed by atoms with E-state index in [2.05, 4.69) is 0 Å². The Labute approximate surface area is 144 Å². The van der Waals surface area contributed by atoms with Gasteiger partial charge in [-0.05, 0) is 35.0 Å². The van der Waals surface area contributed by atoms with Crippen molar-refractivity contribution < 1.29 is 19.5 Å². The lowest BCUT2D eigenvalue weighted by Crippen LogP contribution is -2.32. The minimum Gasteiger partial charge on any atom is -0.478 e. The Morgan fingerprint density at radius 3 is 2.16 bits per heavy atom. The maximum absolute atomic E-state index is 12.5. The fraction of sp³-hybridized carbons (Fsp3) is 0.0500. The standard InChI is InChI=1S/C20H15NO4/c1-13(22)19(23)21(18-9-5-4-8-17(18)20(24)25)16-11-10-14-6-2-3-7-15(14)12-16/h2-12H,1H3,(H,24,25). The van der Waals surface area contributed by atoms with Crippen molar-refractivity contribution in [3.8, 4) is 0 Å². The summed E-state index contributed by atoms with van der Waals surface area (Å²) in [5, 5.41) is 11.3. The van der Waals surface area contributed by atoms with E-state index in [9.17, 15) is 19.5 Å². The number of fused-ring (bicyclic) bond motifs is 1. The number of ketones is 1. The predicted molar refractivity (Wildman–Crippen MR) is 95.2 cm³/mol. The third kappa shape index (κ3) is 3.12. The number of carboxylic acids is 1. The van der Waals surface area contributed by atoms with Crippen LogP contribution in [-0.4, -0.2) is 22.8 Å². The average molecular weight is 333 g/mol. The Balaban J connectivity index is 2.23. The van der Waals surface area contributed by atoms with Crippen molar-refractivity contribution in [2.45, 2.75) is 6.92 Å². The highest BCUT2D eigenvalue weighted by Crippen LogP contribution is 2.31. The van der Waals surface area contributed by atoms with Crippen LogP contribution in [0.25, 0.3) is 10.8 Å². The van der Waals surface area contributed by atoms with Gasteiger partial charge in [0.1, 0.15) is 0 Å². The molecule has 25 heavy (non-hydrogen) atoms. The lowest BCUT2D eigenvalue weighted by Gasteiger charge is -2.23. The molecule has 0 aliphatic carbocycles. The highest BCUT2D eigenvalue weighted by molar-refractivity contribution is 6.42. The van der Waals surface area contributed by atoms with Gasteiger partial charge in [-0.3, -0.25) is 14.5 Å². The molecule has 0 heterocycles. The predicted octanol–water partition coefficient (Wildman–Crippen LogP) is 3.79. The molecule has 3 aromatic rings. The number of aromatic carboxylic acids is 1. The van der Waals surface area contributed by atoms with E-state index < -0.39 is 17.7 Å². The number of Topliss-reactive ketones (excluding diaryl/α,β-unsaturated/α-hetero) is 1. The van der Waals surface area contributed by atoms with E-state index in [1.165, 1.54) is 19.1 Å². The summed E-state index contributed by atoms with van der Waals surface area (Å²) in [4.78, 5) is 37.0. The molecule has 0 aliphatic rings. The second-order valence-electron chi connectivity index (χ2n) is 5.55. The summed E-state index contributed by atoms with van der Waals surface area (Å²) < 4.78 is 0. The van der Waals surface area contributed by atoms with Crippen LogP contribution in [0.2, 0.25) is 0 Å². The molecule has 0 saturated carbocycles. The second-order valence-corrected chi connectivity index (χ2v) is 5.55. The molecule has 1 N–H and O–H groups in total. The Hall–Kier alpha value is -3.47. The molecule has 3 aromatic carbocycles. The topological polar surface area (TPSA) is 74.7 Å².